The van der Waals surface area contributed by atoms with E-state index >= 15 is 0 Å². The summed E-state index contributed by atoms with van der Waals surface area (Å²) in [4.78, 5) is 13.7. The van der Waals surface area contributed by atoms with Crippen LogP contribution in [0.25, 0.3) is 0 Å². The summed E-state index contributed by atoms with van der Waals surface area (Å²) in [5.41, 5.74) is 1.50. The Labute approximate surface area is 118 Å². The Bertz CT molecular complexity index is 651. The van der Waals surface area contributed by atoms with Crippen LogP contribution in [0.2, 0.25) is 0 Å². The lowest BCUT2D eigenvalue weighted by Crippen LogP contribution is -2.28. The summed E-state index contributed by atoms with van der Waals surface area (Å²) in [6.45, 7) is 3.56. The molecule has 0 saturated carbocycles. The Morgan fingerprint density at radius 1 is 1.20 bits per heavy atom. The van der Waals surface area contributed by atoms with Crippen molar-refractivity contribution in [2.24, 2.45) is 0 Å². The Hall–Kier alpha value is -1.76. The molecule has 2 N–H and O–H groups in total. The molecule has 0 aromatic carbocycles. The maximum atomic E-state index is 12.4. The van der Waals surface area contributed by atoms with Gasteiger partial charge in [-0.15, -0.1) is 0 Å². The number of nitrogens with one attached hydrogen (secondary N) is 1. The number of aryl methyl sites for hydroxylation is 2. The predicted molar refractivity (Wildman–Crippen MR) is 75.3 cm³/mol. The lowest BCUT2D eigenvalue weighted by atomic mass is 9.99. The number of nitrogens with zero attached hydrogens (tertiary/aromatic N) is 1. The quantitative estimate of drug-likeness (QED) is 0.888. The molecule has 2 rings (SSSR count). The first-order valence-electron chi connectivity index (χ1n) is 6.46. The molecule has 0 atom stereocenters. The number of rotatable bonds is 4. The average molecular weight is 298 g/mol. The summed E-state index contributed by atoms with van der Waals surface area (Å²) in [5, 5.41) is 9.15. The maximum Gasteiger partial charge on any atom is 0.332 e. The van der Waals surface area contributed by atoms with E-state index in [1.807, 2.05) is 0 Å². The zero-order valence-electron chi connectivity index (χ0n) is 11.5. The molecule has 0 radical (unpaired) electrons. The third-order valence-electron chi connectivity index (χ3n) is 3.48. The molecule has 1 aromatic heterocycles. The van der Waals surface area contributed by atoms with Crippen LogP contribution in [-0.4, -0.2) is 24.2 Å². The molecule has 0 spiro atoms. The molecule has 1 aromatic rings. The molecule has 0 amide bonds. The highest BCUT2D eigenvalue weighted by molar-refractivity contribution is 7.96. The van der Waals surface area contributed by atoms with E-state index in [-0.39, 0.29) is 16.9 Å². The second-order valence-corrected chi connectivity index (χ2v) is 6.64. The topological polar surface area (TPSA) is 88.4 Å². The second kappa shape index (κ2) is 5.32. The lowest BCUT2D eigenvalue weighted by molar-refractivity contribution is -0.132. The number of aliphatic carboxylic acids is 1. The molecule has 1 heterocycles. The van der Waals surface area contributed by atoms with Crippen molar-refractivity contribution in [3.63, 3.8) is 0 Å². The Kier molecular flexibility index (Phi) is 3.89. The van der Waals surface area contributed by atoms with Gasteiger partial charge in [-0.2, -0.15) is 0 Å². The summed E-state index contributed by atoms with van der Waals surface area (Å²) < 4.78 is 26.3. The summed E-state index contributed by atoms with van der Waals surface area (Å²) in [7, 11) is -3.83. The Balaban J connectivity index is 2.42. The van der Waals surface area contributed by atoms with Gasteiger partial charge in [0.2, 0.25) is 0 Å². The molecule has 0 aliphatic heterocycles. The molecule has 1 aliphatic rings. The summed E-state index contributed by atoms with van der Waals surface area (Å²) in [5.74, 6) is -1.15. The summed E-state index contributed by atoms with van der Waals surface area (Å²) in [6.07, 6.45) is 1.98. The van der Waals surface area contributed by atoms with Gasteiger partial charge in [-0.05, 0) is 51.7 Å². The fraction of sp³-hybridized carbons (Fsp3) is 0.462. The normalized spacial score (nSPS) is 16.3. The van der Waals surface area contributed by atoms with E-state index < -0.39 is 16.0 Å². The lowest BCUT2D eigenvalue weighted by Gasteiger charge is -2.20. The van der Waals surface area contributed by atoms with Gasteiger partial charge >= 0.3 is 5.97 Å². The van der Waals surface area contributed by atoms with Crippen LogP contribution in [0.1, 0.15) is 37.1 Å². The van der Waals surface area contributed by atoms with Gasteiger partial charge in [0.1, 0.15) is 0 Å². The van der Waals surface area contributed by atoms with Crippen LogP contribution in [0.3, 0.4) is 0 Å². The van der Waals surface area contributed by atoms with Crippen LogP contribution >= 0.6 is 0 Å². The smallest absolute Gasteiger partial charge is 0.332 e. The number of hydrogen-bond acceptors (Lipinski definition) is 3. The van der Waals surface area contributed by atoms with Crippen molar-refractivity contribution in [3.05, 3.63) is 34.0 Å². The zero-order chi connectivity index (χ0) is 14.9. The number of carboxylic acids is 1. The van der Waals surface area contributed by atoms with Crippen molar-refractivity contribution in [1.82, 2.24) is 4.68 Å². The van der Waals surface area contributed by atoms with Crippen LogP contribution < -0.4 is 4.83 Å². The minimum atomic E-state index is -3.83. The maximum absolute atomic E-state index is 12.4. The second-order valence-electron chi connectivity index (χ2n) is 4.96. The largest absolute Gasteiger partial charge is 0.478 e. The van der Waals surface area contributed by atoms with Crippen LogP contribution in [0.5, 0.6) is 0 Å². The van der Waals surface area contributed by atoms with Gasteiger partial charge < -0.3 is 5.11 Å². The van der Waals surface area contributed by atoms with Crippen molar-refractivity contribution < 1.29 is 18.3 Å². The SMILES string of the molecule is Cc1ccc(C)n1NS(=O)(=O)C1=C(C(=O)O)CCCC1. The van der Waals surface area contributed by atoms with Crippen LogP contribution in [0.15, 0.2) is 22.6 Å². The van der Waals surface area contributed by atoms with Crippen LogP contribution in [0, 0.1) is 13.8 Å². The van der Waals surface area contributed by atoms with E-state index in [1.54, 1.807) is 26.0 Å². The number of aromatic nitrogens is 1. The van der Waals surface area contributed by atoms with Crippen molar-refractivity contribution in [3.8, 4) is 0 Å². The van der Waals surface area contributed by atoms with Crippen LogP contribution in [-0.2, 0) is 14.8 Å². The molecule has 6 nitrogen and oxygen atoms in total. The van der Waals surface area contributed by atoms with Gasteiger partial charge in [-0.25, -0.2) is 18.0 Å². The molecule has 110 valence electrons. The highest BCUT2D eigenvalue weighted by Crippen LogP contribution is 2.29. The van der Waals surface area contributed by atoms with Gasteiger partial charge in [0, 0.05) is 11.4 Å². The molecule has 1 aliphatic carbocycles. The van der Waals surface area contributed by atoms with Crippen molar-refractivity contribution in [1.29, 1.82) is 0 Å². The predicted octanol–water partition coefficient (Wildman–Crippen LogP) is 1.89. The third kappa shape index (κ3) is 2.72. The van der Waals surface area contributed by atoms with Gasteiger partial charge in [0.05, 0.1) is 10.5 Å². The third-order valence-corrected chi connectivity index (χ3v) is 5.00. The first kappa shape index (κ1) is 14.6. The van der Waals surface area contributed by atoms with Gasteiger partial charge in [-0.1, -0.05) is 0 Å². The fourth-order valence-electron chi connectivity index (χ4n) is 2.39. The molecule has 20 heavy (non-hydrogen) atoms. The highest BCUT2D eigenvalue weighted by Gasteiger charge is 2.28. The minimum Gasteiger partial charge on any atom is -0.478 e. The monoisotopic (exact) mass is 298 g/mol. The number of carbonyl (C=O) groups is 1. The van der Waals surface area contributed by atoms with E-state index in [2.05, 4.69) is 4.83 Å². The minimum absolute atomic E-state index is 0.00347. The Morgan fingerprint density at radius 3 is 2.30 bits per heavy atom. The molecule has 0 bridgehead atoms. The highest BCUT2D eigenvalue weighted by atomic mass is 32.2. The van der Waals surface area contributed by atoms with E-state index in [9.17, 15) is 13.2 Å². The fourth-order valence-corrected chi connectivity index (χ4v) is 3.95. The van der Waals surface area contributed by atoms with Gasteiger partial charge in [-0.3, -0.25) is 4.68 Å². The molecule has 0 unspecified atom stereocenters. The molecule has 7 heteroatoms. The molecule has 0 fully saturated rings. The summed E-state index contributed by atoms with van der Waals surface area (Å²) in [6, 6.07) is 3.59. The number of carboxylic acid groups (broad SMARTS) is 1. The van der Waals surface area contributed by atoms with Crippen molar-refractivity contribution in [2.45, 2.75) is 39.5 Å². The van der Waals surface area contributed by atoms with E-state index in [0.717, 1.165) is 11.4 Å². The standard InChI is InChI=1S/C13H18N2O4S/c1-9-7-8-10(2)15(9)14-20(18,19)12-6-4-3-5-11(12)13(16)17/h7-8,14H,3-6H2,1-2H3,(H,16,17). The van der Waals surface area contributed by atoms with Crippen molar-refractivity contribution in [2.75, 3.05) is 4.83 Å². The zero-order valence-corrected chi connectivity index (χ0v) is 12.3. The summed E-state index contributed by atoms with van der Waals surface area (Å²) >= 11 is 0. The van der Waals surface area contributed by atoms with E-state index in [4.69, 9.17) is 5.11 Å². The Morgan fingerprint density at radius 2 is 1.75 bits per heavy atom. The average Bonchev–Trinajstić information content (AvgIpc) is 2.70. The van der Waals surface area contributed by atoms with Gasteiger partial charge in [0.25, 0.3) is 10.0 Å². The van der Waals surface area contributed by atoms with Crippen LogP contribution in [0.4, 0.5) is 0 Å². The number of allylic oxidation sites excluding steroid dienone is 1. The van der Waals surface area contributed by atoms with Gasteiger partial charge in [0.15, 0.2) is 0 Å². The molecular formula is C13H18N2O4S. The molecule has 0 saturated heterocycles. The van der Waals surface area contributed by atoms with E-state index in [0.29, 0.717) is 19.3 Å². The first-order chi connectivity index (χ1) is 9.33. The number of hydrogen-bond donors (Lipinski definition) is 2. The number of sulfonamides is 1. The van der Waals surface area contributed by atoms with E-state index in [1.165, 1.54) is 4.68 Å². The first-order valence-corrected chi connectivity index (χ1v) is 7.94. The van der Waals surface area contributed by atoms with Crippen molar-refractivity contribution >= 4 is 16.0 Å². The molecular weight excluding hydrogens is 280 g/mol.